The van der Waals surface area contributed by atoms with Gasteiger partial charge in [-0.25, -0.2) is 14.2 Å². The summed E-state index contributed by atoms with van der Waals surface area (Å²) in [7, 11) is 0. The molecule has 0 saturated carbocycles. The number of carbonyl (C=O) groups is 1. The molecule has 0 spiro atoms. The largest absolute Gasteiger partial charge is 0.271 e. The Balaban J connectivity index is 2.15. The summed E-state index contributed by atoms with van der Waals surface area (Å²) in [5.74, 6) is -1.89. The Kier molecular flexibility index (Phi) is 4.65. The molecule has 0 aliphatic rings. The SMILES string of the molecule is C/C(=N/NC(=O)c1cccc(Cl)c1)c1ccc(F)cc1F. The highest BCUT2D eigenvalue weighted by molar-refractivity contribution is 6.30. The van der Waals surface area contributed by atoms with Crippen molar-refractivity contribution in [2.75, 3.05) is 0 Å². The third kappa shape index (κ3) is 3.86. The molecule has 0 radical (unpaired) electrons. The molecule has 0 fully saturated rings. The average Bonchev–Trinajstić information content (AvgIpc) is 2.44. The standard InChI is InChI=1S/C15H11ClF2N2O/c1-9(13-6-5-12(17)8-14(13)18)19-20-15(21)10-3-2-4-11(16)7-10/h2-8H,1H3,(H,20,21)/b19-9-. The Hall–Kier alpha value is -2.27. The van der Waals surface area contributed by atoms with E-state index in [1.165, 1.54) is 19.1 Å². The summed E-state index contributed by atoms with van der Waals surface area (Å²) in [5, 5.41) is 4.23. The number of nitrogens with zero attached hydrogens (tertiary/aromatic N) is 1. The normalized spacial score (nSPS) is 11.3. The third-order valence-corrected chi connectivity index (χ3v) is 2.97. The Labute approximate surface area is 125 Å². The van der Waals surface area contributed by atoms with E-state index in [-0.39, 0.29) is 11.3 Å². The van der Waals surface area contributed by atoms with Crippen LogP contribution in [-0.2, 0) is 0 Å². The predicted octanol–water partition coefficient (Wildman–Crippen LogP) is 3.77. The van der Waals surface area contributed by atoms with E-state index in [9.17, 15) is 13.6 Å². The zero-order valence-corrected chi connectivity index (χ0v) is 11.8. The second-order valence-corrected chi connectivity index (χ2v) is 4.71. The molecule has 3 nitrogen and oxygen atoms in total. The number of hydrogen-bond donors (Lipinski definition) is 1. The molecule has 6 heteroatoms. The van der Waals surface area contributed by atoms with Gasteiger partial charge in [-0.15, -0.1) is 0 Å². The zero-order valence-electron chi connectivity index (χ0n) is 11.0. The number of rotatable bonds is 3. The lowest BCUT2D eigenvalue weighted by molar-refractivity contribution is 0.0955. The lowest BCUT2D eigenvalue weighted by Gasteiger charge is -2.04. The molecule has 0 aromatic heterocycles. The minimum atomic E-state index is -0.742. The molecule has 2 aromatic rings. The van der Waals surface area contributed by atoms with Crippen LogP contribution in [0.4, 0.5) is 8.78 Å². The number of benzene rings is 2. The summed E-state index contributed by atoms with van der Waals surface area (Å²) >= 11 is 5.78. The summed E-state index contributed by atoms with van der Waals surface area (Å²) < 4.78 is 26.4. The first-order valence-electron chi connectivity index (χ1n) is 6.03. The van der Waals surface area contributed by atoms with E-state index in [0.29, 0.717) is 10.6 Å². The smallest absolute Gasteiger partial charge is 0.267 e. The van der Waals surface area contributed by atoms with Gasteiger partial charge in [0.25, 0.3) is 5.91 Å². The fourth-order valence-electron chi connectivity index (χ4n) is 1.67. The molecule has 0 atom stereocenters. The van der Waals surface area contributed by atoms with Crippen LogP contribution in [0.15, 0.2) is 47.6 Å². The summed E-state index contributed by atoms with van der Waals surface area (Å²) in [6.07, 6.45) is 0. The molecule has 0 aliphatic carbocycles. The van der Waals surface area contributed by atoms with Crippen LogP contribution in [-0.4, -0.2) is 11.6 Å². The molecule has 108 valence electrons. The van der Waals surface area contributed by atoms with E-state index >= 15 is 0 Å². The van der Waals surface area contributed by atoms with E-state index in [1.807, 2.05) is 0 Å². The highest BCUT2D eigenvalue weighted by atomic mass is 35.5. The minimum Gasteiger partial charge on any atom is -0.267 e. The topological polar surface area (TPSA) is 41.5 Å². The van der Waals surface area contributed by atoms with Crippen molar-refractivity contribution in [1.29, 1.82) is 0 Å². The van der Waals surface area contributed by atoms with Crippen molar-refractivity contribution < 1.29 is 13.6 Å². The lowest BCUT2D eigenvalue weighted by Crippen LogP contribution is -2.19. The molecule has 0 heterocycles. The molecular formula is C15H11ClF2N2O. The van der Waals surface area contributed by atoms with Crippen molar-refractivity contribution in [2.45, 2.75) is 6.92 Å². The molecule has 1 amide bonds. The Morgan fingerprint density at radius 1 is 1.19 bits per heavy atom. The second kappa shape index (κ2) is 6.45. The van der Waals surface area contributed by atoms with Crippen LogP contribution in [0, 0.1) is 11.6 Å². The summed E-state index contributed by atoms with van der Waals surface area (Å²) in [6.45, 7) is 1.51. The summed E-state index contributed by atoms with van der Waals surface area (Å²) in [5.41, 5.74) is 2.97. The summed E-state index contributed by atoms with van der Waals surface area (Å²) in [4.78, 5) is 11.8. The Morgan fingerprint density at radius 3 is 2.62 bits per heavy atom. The van der Waals surface area contributed by atoms with Gasteiger partial charge in [-0.2, -0.15) is 5.10 Å². The maximum absolute atomic E-state index is 13.6. The number of halogens is 3. The Morgan fingerprint density at radius 2 is 1.95 bits per heavy atom. The van der Waals surface area contributed by atoms with Crippen molar-refractivity contribution in [1.82, 2.24) is 5.43 Å². The van der Waals surface area contributed by atoms with Crippen LogP contribution in [0.5, 0.6) is 0 Å². The van der Waals surface area contributed by atoms with Gasteiger partial charge in [-0.05, 0) is 37.3 Å². The molecule has 2 aromatic carbocycles. The maximum Gasteiger partial charge on any atom is 0.271 e. The van der Waals surface area contributed by atoms with Crippen molar-refractivity contribution in [3.63, 3.8) is 0 Å². The fourth-order valence-corrected chi connectivity index (χ4v) is 1.86. The molecule has 0 unspecified atom stereocenters. The van der Waals surface area contributed by atoms with E-state index in [1.54, 1.807) is 18.2 Å². The zero-order chi connectivity index (χ0) is 15.4. The van der Waals surface area contributed by atoms with Gasteiger partial charge in [0.15, 0.2) is 0 Å². The van der Waals surface area contributed by atoms with Gasteiger partial charge >= 0.3 is 0 Å². The molecule has 0 aliphatic heterocycles. The van der Waals surface area contributed by atoms with Gasteiger partial charge < -0.3 is 0 Å². The molecule has 21 heavy (non-hydrogen) atoms. The molecular weight excluding hydrogens is 298 g/mol. The van der Waals surface area contributed by atoms with Crippen LogP contribution in [0.1, 0.15) is 22.8 Å². The van der Waals surface area contributed by atoms with Gasteiger partial charge in [0.05, 0.1) is 5.71 Å². The fraction of sp³-hybridized carbons (Fsp3) is 0.0667. The average molecular weight is 309 g/mol. The van der Waals surface area contributed by atoms with E-state index < -0.39 is 17.5 Å². The van der Waals surface area contributed by atoms with Gasteiger partial charge in [0.2, 0.25) is 0 Å². The quantitative estimate of drug-likeness (QED) is 0.680. The molecule has 1 N–H and O–H groups in total. The lowest BCUT2D eigenvalue weighted by atomic mass is 10.1. The first-order chi connectivity index (χ1) is 9.97. The maximum atomic E-state index is 13.6. The summed E-state index contributed by atoms with van der Waals surface area (Å²) in [6, 6.07) is 9.47. The van der Waals surface area contributed by atoms with Crippen LogP contribution in [0.25, 0.3) is 0 Å². The van der Waals surface area contributed by atoms with Crippen LogP contribution in [0.2, 0.25) is 5.02 Å². The first-order valence-corrected chi connectivity index (χ1v) is 6.41. The van der Waals surface area contributed by atoms with E-state index in [2.05, 4.69) is 10.5 Å². The van der Waals surface area contributed by atoms with Crippen LogP contribution < -0.4 is 5.43 Å². The van der Waals surface area contributed by atoms with Crippen LogP contribution in [0.3, 0.4) is 0 Å². The minimum absolute atomic E-state index is 0.114. The van der Waals surface area contributed by atoms with Crippen molar-refractivity contribution in [2.24, 2.45) is 5.10 Å². The number of nitrogens with one attached hydrogen (secondary N) is 1. The monoisotopic (exact) mass is 308 g/mol. The highest BCUT2D eigenvalue weighted by Gasteiger charge is 2.08. The van der Waals surface area contributed by atoms with Gasteiger partial charge in [-0.1, -0.05) is 17.7 Å². The Bertz CT molecular complexity index is 717. The van der Waals surface area contributed by atoms with Gasteiger partial charge in [0, 0.05) is 22.2 Å². The second-order valence-electron chi connectivity index (χ2n) is 4.27. The van der Waals surface area contributed by atoms with Gasteiger partial charge in [0.1, 0.15) is 11.6 Å². The third-order valence-electron chi connectivity index (χ3n) is 2.73. The van der Waals surface area contributed by atoms with Crippen molar-refractivity contribution in [3.8, 4) is 0 Å². The van der Waals surface area contributed by atoms with Crippen molar-refractivity contribution in [3.05, 3.63) is 70.2 Å². The first kappa shape index (κ1) is 15.1. The highest BCUT2D eigenvalue weighted by Crippen LogP contribution is 2.12. The molecule has 0 bridgehead atoms. The van der Waals surface area contributed by atoms with Crippen molar-refractivity contribution >= 4 is 23.2 Å². The molecule has 2 rings (SSSR count). The number of carbonyl (C=O) groups excluding carboxylic acids is 1. The van der Waals surface area contributed by atoms with Gasteiger partial charge in [-0.3, -0.25) is 4.79 Å². The molecule has 0 saturated heterocycles. The number of hydrazone groups is 1. The van der Waals surface area contributed by atoms with E-state index in [4.69, 9.17) is 11.6 Å². The van der Waals surface area contributed by atoms with Crippen LogP contribution >= 0.6 is 11.6 Å². The predicted molar refractivity (Wildman–Crippen MR) is 77.5 cm³/mol. The number of hydrogen-bond acceptors (Lipinski definition) is 2. The number of amides is 1. The van der Waals surface area contributed by atoms with E-state index in [0.717, 1.165) is 12.1 Å².